The summed E-state index contributed by atoms with van der Waals surface area (Å²) in [5.41, 5.74) is 0. The first-order valence-corrected chi connectivity index (χ1v) is 3.24. The van der Waals surface area contributed by atoms with E-state index < -0.39 is 0 Å². The highest BCUT2D eigenvalue weighted by Crippen LogP contribution is 2.07. The quantitative estimate of drug-likeness (QED) is 0.550. The Kier molecular flexibility index (Phi) is 2.45. The average Bonchev–Trinajstić information content (AvgIpc) is 1.78. The second kappa shape index (κ2) is 3.15. The van der Waals surface area contributed by atoms with Gasteiger partial charge in [-0.1, -0.05) is 0 Å². The van der Waals surface area contributed by atoms with E-state index in [1.165, 1.54) is 0 Å². The van der Waals surface area contributed by atoms with Crippen LogP contribution in [0.2, 0.25) is 0 Å². The number of rotatable bonds is 3. The predicted molar refractivity (Wildman–Crippen MR) is 34.3 cm³/mol. The summed E-state index contributed by atoms with van der Waals surface area (Å²) < 4.78 is 5.21. The molecule has 3 nitrogen and oxygen atoms in total. The Morgan fingerprint density at radius 3 is 2.78 bits per heavy atom. The fraction of sp³-hybridized carbons (Fsp3) is 1.00. The van der Waals surface area contributed by atoms with Crippen molar-refractivity contribution < 1.29 is 9.84 Å². The molecule has 0 atom stereocenters. The van der Waals surface area contributed by atoms with Crippen molar-refractivity contribution >= 4 is 0 Å². The number of hydrogen-bond donors (Lipinski definition) is 1. The largest absolute Gasteiger partial charge is 0.394 e. The van der Waals surface area contributed by atoms with Gasteiger partial charge in [-0.15, -0.1) is 0 Å². The van der Waals surface area contributed by atoms with E-state index in [0.717, 1.165) is 13.1 Å². The van der Waals surface area contributed by atoms with Gasteiger partial charge in [0.15, 0.2) is 0 Å². The molecule has 0 unspecified atom stereocenters. The molecule has 0 aromatic heterocycles. The van der Waals surface area contributed by atoms with Crippen LogP contribution in [0.1, 0.15) is 0 Å². The van der Waals surface area contributed by atoms with Crippen LogP contribution in [0.15, 0.2) is 0 Å². The minimum Gasteiger partial charge on any atom is -0.394 e. The molecule has 1 rings (SSSR count). The molecule has 0 spiro atoms. The van der Waals surface area contributed by atoms with Crippen molar-refractivity contribution in [2.24, 2.45) is 0 Å². The lowest BCUT2D eigenvalue weighted by Gasteiger charge is -2.35. The molecule has 0 bridgehead atoms. The second-order valence-corrected chi connectivity index (χ2v) is 2.44. The molecule has 1 heterocycles. The van der Waals surface area contributed by atoms with Crippen LogP contribution in [0.5, 0.6) is 0 Å². The van der Waals surface area contributed by atoms with Gasteiger partial charge in [-0.05, 0) is 7.05 Å². The van der Waals surface area contributed by atoms with Crippen molar-refractivity contribution in [3.05, 3.63) is 0 Å². The third kappa shape index (κ3) is 1.93. The molecule has 1 N–H and O–H groups in total. The number of aliphatic hydroxyl groups excluding tert-OH is 1. The first-order valence-electron chi connectivity index (χ1n) is 3.24. The Morgan fingerprint density at radius 1 is 1.67 bits per heavy atom. The molecule has 0 aromatic carbocycles. The molecule has 0 aliphatic carbocycles. The second-order valence-electron chi connectivity index (χ2n) is 2.44. The summed E-state index contributed by atoms with van der Waals surface area (Å²) in [6.45, 7) is 2.65. The van der Waals surface area contributed by atoms with Crippen molar-refractivity contribution in [2.75, 3.05) is 33.4 Å². The molecule has 9 heavy (non-hydrogen) atoms. The van der Waals surface area contributed by atoms with Gasteiger partial charge in [0, 0.05) is 13.1 Å². The summed E-state index contributed by atoms with van der Waals surface area (Å²) >= 11 is 0. The van der Waals surface area contributed by atoms with Crippen LogP contribution in [-0.2, 0) is 4.74 Å². The number of likely N-dealkylation sites (N-methyl/N-ethyl adjacent to an activating group) is 1. The summed E-state index contributed by atoms with van der Waals surface area (Å²) in [6.07, 6.45) is 0.377. The van der Waals surface area contributed by atoms with Gasteiger partial charge in [-0.2, -0.15) is 0 Å². The van der Waals surface area contributed by atoms with E-state index in [4.69, 9.17) is 9.84 Å². The lowest BCUT2D eigenvalue weighted by molar-refractivity contribution is -0.0532. The zero-order valence-electron chi connectivity index (χ0n) is 5.71. The Hall–Kier alpha value is -0.120. The molecule has 1 aliphatic rings. The van der Waals surface area contributed by atoms with E-state index >= 15 is 0 Å². The average molecular weight is 131 g/mol. The maximum Gasteiger partial charge on any atom is 0.0829 e. The molecule has 3 heteroatoms. The van der Waals surface area contributed by atoms with E-state index in [1.54, 1.807) is 0 Å². The standard InChI is InChI=1S/C6H13NO2/c1-7-4-6(5-7)9-3-2-8/h6,8H,2-5H2,1H3. The van der Waals surface area contributed by atoms with Crippen LogP contribution in [0.3, 0.4) is 0 Å². The highest BCUT2D eigenvalue weighted by atomic mass is 16.5. The maximum absolute atomic E-state index is 8.36. The molecule has 1 fully saturated rings. The Balaban J connectivity index is 1.91. The van der Waals surface area contributed by atoms with E-state index in [0.29, 0.717) is 12.7 Å². The Bertz CT molecular complexity index is 81.1. The number of aliphatic hydroxyl groups is 1. The van der Waals surface area contributed by atoms with Gasteiger partial charge in [0.05, 0.1) is 19.3 Å². The van der Waals surface area contributed by atoms with E-state index in [2.05, 4.69) is 11.9 Å². The lowest BCUT2D eigenvalue weighted by atomic mass is 10.2. The van der Waals surface area contributed by atoms with Gasteiger partial charge < -0.3 is 14.7 Å². The Labute approximate surface area is 55.2 Å². The van der Waals surface area contributed by atoms with Crippen molar-refractivity contribution in [1.29, 1.82) is 0 Å². The van der Waals surface area contributed by atoms with Crippen LogP contribution in [0.4, 0.5) is 0 Å². The smallest absolute Gasteiger partial charge is 0.0829 e. The number of ether oxygens (including phenoxy) is 1. The van der Waals surface area contributed by atoms with Crippen LogP contribution in [-0.4, -0.2) is 49.5 Å². The fourth-order valence-electron chi connectivity index (χ4n) is 0.967. The number of likely N-dealkylation sites (tertiary alicyclic amines) is 1. The molecule has 1 saturated heterocycles. The minimum absolute atomic E-state index is 0.139. The molecule has 0 aromatic rings. The monoisotopic (exact) mass is 131 g/mol. The van der Waals surface area contributed by atoms with Crippen molar-refractivity contribution in [3.63, 3.8) is 0 Å². The molecule has 0 saturated carbocycles. The molecule has 1 aliphatic heterocycles. The molecule has 0 radical (unpaired) electrons. The van der Waals surface area contributed by atoms with Gasteiger partial charge in [0.2, 0.25) is 0 Å². The fourth-order valence-corrected chi connectivity index (χ4v) is 0.967. The van der Waals surface area contributed by atoms with Crippen LogP contribution >= 0.6 is 0 Å². The Morgan fingerprint density at radius 2 is 2.33 bits per heavy atom. The molecular weight excluding hydrogens is 118 g/mol. The van der Waals surface area contributed by atoms with Gasteiger partial charge >= 0.3 is 0 Å². The van der Waals surface area contributed by atoms with Gasteiger partial charge in [0.1, 0.15) is 0 Å². The predicted octanol–water partition coefficient (Wildman–Crippen LogP) is -0.691. The van der Waals surface area contributed by atoms with Crippen LogP contribution < -0.4 is 0 Å². The minimum atomic E-state index is 0.139. The zero-order valence-corrected chi connectivity index (χ0v) is 5.71. The maximum atomic E-state index is 8.36. The van der Waals surface area contributed by atoms with Crippen molar-refractivity contribution in [3.8, 4) is 0 Å². The van der Waals surface area contributed by atoms with Crippen molar-refractivity contribution in [1.82, 2.24) is 4.90 Å². The number of hydrogen-bond acceptors (Lipinski definition) is 3. The first-order chi connectivity index (χ1) is 4.33. The van der Waals surface area contributed by atoms with Crippen LogP contribution in [0, 0.1) is 0 Å². The van der Waals surface area contributed by atoms with Gasteiger partial charge in [-0.3, -0.25) is 0 Å². The lowest BCUT2D eigenvalue weighted by Crippen LogP contribution is -2.49. The zero-order chi connectivity index (χ0) is 6.69. The third-order valence-electron chi connectivity index (χ3n) is 1.48. The van der Waals surface area contributed by atoms with E-state index in [9.17, 15) is 0 Å². The van der Waals surface area contributed by atoms with Gasteiger partial charge in [0.25, 0.3) is 0 Å². The van der Waals surface area contributed by atoms with Gasteiger partial charge in [-0.25, -0.2) is 0 Å². The van der Waals surface area contributed by atoms with Crippen LogP contribution in [0.25, 0.3) is 0 Å². The topological polar surface area (TPSA) is 32.7 Å². The SMILES string of the molecule is CN1CC(OCCO)C1. The summed E-state index contributed by atoms with van der Waals surface area (Å²) in [7, 11) is 2.05. The highest BCUT2D eigenvalue weighted by Gasteiger charge is 2.22. The first kappa shape index (κ1) is 6.99. The van der Waals surface area contributed by atoms with E-state index in [-0.39, 0.29) is 6.61 Å². The normalized spacial score (nSPS) is 22.0. The summed E-state index contributed by atoms with van der Waals surface area (Å²) in [5, 5.41) is 8.36. The third-order valence-corrected chi connectivity index (χ3v) is 1.48. The molecular formula is C6H13NO2. The summed E-state index contributed by atoms with van der Waals surface area (Å²) in [5.74, 6) is 0. The molecule has 0 amide bonds. The van der Waals surface area contributed by atoms with Crippen molar-refractivity contribution in [2.45, 2.75) is 6.10 Å². The summed E-state index contributed by atoms with van der Waals surface area (Å²) in [6, 6.07) is 0. The van der Waals surface area contributed by atoms with E-state index in [1.807, 2.05) is 0 Å². The number of nitrogens with zero attached hydrogens (tertiary/aromatic N) is 1. The summed E-state index contributed by atoms with van der Waals surface area (Å²) in [4.78, 5) is 2.18. The molecule has 54 valence electrons. The highest BCUT2D eigenvalue weighted by molar-refractivity contribution is 4.76.